The molecule has 3 aromatic rings. The van der Waals surface area contributed by atoms with E-state index in [1.54, 1.807) is 24.5 Å². The Morgan fingerprint density at radius 2 is 1.71 bits per heavy atom. The second kappa shape index (κ2) is 8.70. The van der Waals surface area contributed by atoms with Crippen LogP contribution in [0.25, 0.3) is 11.3 Å². The summed E-state index contributed by atoms with van der Waals surface area (Å²) in [6.45, 7) is 0. The van der Waals surface area contributed by atoms with Gasteiger partial charge in [-0.3, -0.25) is 9.78 Å². The number of hydrogen-bond donors (Lipinski definition) is 1. The van der Waals surface area contributed by atoms with Crippen LogP contribution >= 0.6 is 11.8 Å². The molecule has 0 saturated carbocycles. The lowest BCUT2D eigenvalue weighted by Gasteiger charge is -2.10. The standard InChI is InChI=1S/C18H13F3N4O2S/c19-18(20,21)27-14-3-1-13(2-4-14)23-16(26)11-28-17-6-5-15(24-25-17)12-7-9-22-10-8-12/h1-10H,11H2,(H,23,26). The number of amides is 1. The molecule has 3 rings (SSSR count). The molecule has 0 spiro atoms. The van der Waals surface area contributed by atoms with Gasteiger partial charge in [0.1, 0.15) is 10.8 Å². The van der Waals surface area contributed by atoms with Gasteiger partial charge in [-0.15, -0.1) is 23.4 Å². The molecule has 1 N–H and O–H groups in total. The van der Waals surface area contributed by atoms with Crippen LogP contribution in [-0.2, 0) is 4.79 Å². The molecule has 144 valence electrons. The van der Waals surface area contributed by atoms with Gasteiger partial charge in [-0.25, -0.2) is 0 Å². The number of hydrogen-bond acceptors (Lipinski definition) is 6. The smallest absolute Gasteiger partial charge is 0.406 e. The van der Waals surface area contributed by atoms with Gasteiger partial charge >= 0.3 is 6.36 Å². The lowest BCUT2D eigenvalue weighted by atomic mass is 10.2. The van der Waals surface area contributed by atoms with Crippen molar-refractivity contribution in [2.75, 3.05) is 11.1 Å². The second-order valence-corrected chi connectivity index (χ2v) is 6.40. The summed E-state index contributed by atoms with van der Waals surface area (Å²) >= 11 is 1.19. The number of benzene rings is 1. The average molecular weight is 406 g/mol. The fourth-order valence-corrected chi connectivity index (χ4v) is 2.76. The number of pyridine rings is 1. The first-order valence-corrected chi connectivity index (χ1v) is 8.90. The van der Waals surface area contributed by atoms with Crippen molar-refractivity contribution in [1.29, 1.82) is 0 Å². The van der Waals surface area contributed by atoms with Gasteiger partial charge in [0, 0.05) is 23.6 Å². The summed E-state index contributed by atoms with van der Waals surface area (Å²) in [6.07, 6.45) is -1.44. The van der Waals surface area contributed by atoms with Crippen LogP contribution in [0.3, 0.4) is 0 Å². The highest BCUT2D eigenvalue weighted by Gasteiger charge is 2.30. The zero-order valence-corrected chi connectivity index (χ0v) is 15.0. The molecular weight excluding hydrogens is 393 g/mol. The first-order chi connectivity index (χ1) is 13.4. The molecule has 0 radical (unpaired) electrons. The quantitative estimate of drug-likeness (QED) is 0.620. The molecule has 0 bridgehead atoms. The summed E-state index contributed by atoms with van der Waals surface area (Å²) in [5, 5.41) is 11.3. The number of nitrogens with zero attached hydrogens (tertiary/aromatic N) is 3. The van der Waals surface area contributed by atoms with E-state index in [1.807, 2.05) is 12.1 Å². The van der Waals surface area contributed by atoms with Crippen LogP contribution in [-0.4, -0.2) is 33.2 Å². The molecule has 0 unspecified atom stereocenters. The maximum Gasteiger partial charge on any atom is 0.573 e. The molecule has 0 aliphatic heterocycles. The number of alkyl halides is 3. The summed E-state index contributed by atoms with van der Waals surface area (Å²) in [6, 6.07) is 12.1. The molecule has 2 aromatic heterocycles. The molecule has 6 nitrogen and oxygen atoms in total. The molecule has 0 atom stereocenters. The number of thioether (sulfide) groups is 1. The second-order valence-electron chi connectivity index (χ2n) is 5.40. The van der Waals surface area contributed by atoms with Crippen molar-refractivity contribution in [3.63, 3.8) is 0 Å². The lowest BCUT2D eigenvalue weighted by Crippen LogP contribution is -2.17. The van der Waals surface area contributed by atoms with Crippen molar-refractivity contribution in [2.45, 2.75) is 11.4 Å². The molecular formula is C18H13F3N4O2S. The Labute approximate surface area is 162 Å². The number of anilines is 1. The third kappa shape index (κ3) is 5.95. The van der Waals surface area contributed by atoms with Crippen LogP contribution in [0.2, 0.25) is 0 Å². The summed E-state index contributed by atoms with van der Waals surface area (Å²) in [5.41, 5.74) is 1.94. The van der Waals surface area contributed by atoms with Crippen LogP contribution in [0.1, 0.15) is 0 Å². The monoisotopic (exact) mass is 406 g/mol. The van der Waals surface area contributed by atoms with E-state index < -0.39 is 6.36 Å². The highest BCUT2D eigenvalue weighted by atomic mass is 32.2. The summed E-state index contributed by atoms with van der Waals surface area (Å²) in [4.78, 5) is 15.9. The normalized spacial score (nSPS) is 11.1. The minimum atomic E-state index is -4.75. The van der Waals surface area contributed by atoms with Gasteiger partial charge in [0.05, 0.1) is 11.4 Å². The van der Waals surface area contributed by atoms with E-state index in [-0.39, 0.29) is 17.4 Å². The third-order valence-corrected chi connectivity index (χ3v) is 4.26. The fraction of sp³-hybridized carbons (Fsp3) is 0.111. The number of ether oxygens (including phenoxy) is 1. The molecule has 0 aliphatic carbocycles. The van der Waals surface area contributed by atoms with Crippen LogP contribution in [0.5, 0.6) is 5.75 Å². The maximum absolute atomic E-state index is 12.1. The minimum Gasteiger partial charge on any atom is -0.406 e. The zero-order valence-electron chi connectivity index (χ0n) is 14.2. The molecule has 28 heavy (non-hydrogen) atoms. The van der Waals surface area contributed by atoms with Gasteiger partial charge < -0.3 is 10.1 Å². The highest BCUT2D eigenvalue weighted by Crippen LogP contribution is 2.24. The van der Waals surface area contributed by atoms with Crippen molar-refractivity contribution < 1.29 is 22.7 Å². The average Bonchev–Trinajstić information content (AvgIpc) is 2.68. The van der Waals surface area contributed by atoms with Gasteiger partial charge in [-0.1, -0.05) is 11.8 Å². The fourth-order valence-electron chi connectivity index (χ4n) is 2.15. The zero-order chi connectivity index (χ0) is 20.0. The third-order valence-electron chi connectivity index (χ3n) is 3.34. The number of carbonyl (C=O) groups is 1. The largest absolute Gasteiger partial charge is 0.573 e. The molecule has 1 aromatic carbocycles. The van der Waals surface area contributed by atoms with Gasteiger partial charge in [0.25, 0.3) is 0 Å². The van der Waals surface area contributed by atoms with E-state index in [0.717, 1.165) is 17.7 Å². The highest BCUT2D eigenvalue weighted by molar-refractivity contribution is 7.99. The van der Waals surface area contributed by atoms with Crippen molar-refractivity contribution in [3.8, 4) is 17.0 Å². The molecule has 2 heterocycles. The number of aromatic nitrogens is 3. The first-order valence-electron chi connectivity index (χ1n) is 7.92. The Kier molecular flexibility index (Phi) is 6.09. The SMILES string of the molecule is O=C(CSc1ccc(-c2ccncc2)nn1)Nc1ccc(OC(F)(F)F)cc1. The van der Waals surface area contributed by atoms with Crippen LogP contribution < -0.4 is 10.1 Å². The van der Waals surface area contributed by atoms with Gasteiger partial charge in [-0.05, 0) is 48.5 Å². The van der Waals surface area contributed by atoms with E-state index in [9.17, 15) is 18.0 Å². The molecule has 1 amide bonds. The van der Waals surface area contributed by atoms with Crippen molar-refractivity contribution >= 4 is 23.4 Å². The van der Waals surface area contributed by atoms with Gasteiger partial charge in [0.2, 0.25) is 5.91 Å². The minimum absolute atomic E-state index is 0.0735. The number of carbonyl (C=O) groups excluding carboxylic acids is 1. The predicted octanol–water partition coefficient (Wildman–Crippen LogP) is 4.17. The van der Waals surface area contributed by atoms with Crippen molar-refractivity contribution in [1.82, 2.24) is 15.2 Å². The van der Waals surface area contributed by atoms with Gasteiger partial charge in [-0.2, -0.15) is 0 Å². The Balaban J connectivity index is 1.50. The molecule has 0 aliphatic rings. The van der Waals surface area contributed by atoms with E-state index >= 15 is 0 Å². The maximum atomic E-state index is 12.1. The van der Waals surface area contributed by atoms with Crippen molar-refractivity contribution in [3.05, 3.63) is 60.9 Å². The molecule has 10 heteroatoms. The Bertz CT molecular complexity index is 920. The van der Waals surface area contributed by atoms with E-state index in [0.29, 0.717) is 16.4 Å². The summed E-state index contributed by atoms with van der Waals surface area (Å²) in [5.74, 6) is -0.608. The van der Waals surface area contributed by atoms with Gasteiger partial charge in [0.15, 0.2) is 0 Å². The Morgan fingerprint density at radius 1 is 1.00 bits per heavy atom. The Hall–Kier alpha value is -3.14. The van der Waals surface area contributed by atoms with Crippen molar-refractivity contribution in [2.24, 2.45) is 0 Å². The first kappa shape index (κ1) is 19.6. The number of nitrogens with one attached hydrogen (secondary N) is 1. The van der Waals surface area contributed by atoms with Crippen LogP contribution in [0.4, 0.5) is 18.9 Å². The van der Waals surface area contributed by atoms with Crippen LogP contribution in [0, 0.1) is 0 Å². The number of rotatable bonds is 6. The summed E-state index contributed by atoms with van der Waals surface area (Å²) < 4.78 is 40.2. The molecule has 0 fully saturated rings. The van der Waals surface area contributed by atoms with Crippen LogP contribution in [0.15, 0.2) is 66.0 Å². The topological polar surface area (TPSA) is 77.0 Å². The Morgan fingerprint density at radius 3 is 2.32 bits per heavy atom. The predicted molar refractivity (Wildman–Crippen MR) is 97.7 cm³/mol. The lowest BCUT2D eigenvalue weighted by molar-refractivity contribution is -0.274. The van der Waals surface area contributed by atoms with E-state index in [1.165, 1.54) is 23.9 Å². The summed E-state index contributed by atoms with van der Waals surface area (Å²) in [7, 11) is 0. The van der Waals surface area contributed by atoms with E-state index in [2.05, 4.69) is 25.2 Å². The van der Waals surface area contributed by atoms with E-state index in [4.69, 9.17) is 0 Å². The molecule has 0 saturated heterocycles. The number of halogens is 3.